The quantitative estimate of drug-likeness (QED) is 0.190. The van der Waals surface area contributed by atoms with Crippen LogP contribution in [0.1, 0.15) is 63.0 Å². The van der Waals surface area contributed by atoms with Gasteiger partial charge in [0.2, 0.25) is 0 Å². The van der Waals surface area contributed by atoms with E-state index < -0.39 is 6.29 Å². The van der Waals surface area contributed by atoms with Crippen LogP contribution in [-0.2, 0) is 17.7 Å². The Hall–Kier alpha value is -2.61. The zero-order valence-electron chi connectivity index (χ0n) is 21.0. The first-order chi connectivity index (χ1) is 16.8. The number of epoxide rings is 1. The first kappa shape index (κ1) is 25.5. The summed E-state index contributed by atoms with van der Waals surface area (Å²) in [6, 6.07) is 16.2. The number of nitrogens with one attached hydrogen (secondary N) is 1. The van der Waals surface area contributed by atoms with E-state index in [1.807, 2.05) is 41.0 Å². The molecule has 4 rings (SSSR count). The number of aryl methyl sites for hydroxylation is 1. The van der Waals surface area contributed by atoms with Crippen LogP contribution in [0.15, 0.2) is 59.6 Å². The molecule has 1 amide bonds. The van der Waals surface area contributed by atoms with Crippen LogP contribution in [0.4, 0.5) is 5.69 Å². The van der Waals surface area contributed by atoms with Crippen molar-refractivity contribution in [3.05, 3.63) is 66.0 Å². The number of rotatable bonds is 11. The molecular weight excluding hydrogens is 458 g/mol. The lowest BCUT2D eigenvalue weighted by Crippen LogP contribution is -2.24. The summed E-state index contributed by atoms with van der Waals surface area (Å²) >= 11 is 1.68. The highest BCUT2D eigenvalue weighted by Crippen LogP contribution is 2.44. The van der Waals surface area contributed by atoms with E-state index in [-0.39, 0.29) is 16.8 Å². The molecule has 2 unspecified atom stereocenters. The number of carbonyl (C=O) groups is 1. The molecule has 2 aromatic carbocycles. The number of nitrogens with zero attached hydrogens (tertiary/aromatic N) is 2. The summed E-state index contributed by atoms with van der Waals surface area (Å²) in [5.74, 6) is 0.644. The van der Waals surface area contributed by atoms with Crippen molar-refractivity contribution in [1.82, 2.24) is 9.55 Å². The second-order valence-electron chi connectivity index (χ2n) is 9.51. The van der Waals surface area contributed by atoms with E-state index in [0.29, 0.717) is 5.69 Å². The highest BCUT2D eigenvalue weighted by Gasteiger charge is 2.49. The maximum absolute atomic E-state index is 13.2. The van der Waals surface area contributed by atoms with Crippen molar-refractivity contribution in [3.63, 3.8) is 0 Å². The number of unbranched alkanes of at least 4 members (excludes halogenated alkanes) is 2. The predicted molar refractivity (Wildman–Crippen MR) is 142 cm³/mol. The molecule has 3 aromatic rings. The fraction of sp³-hybridized carbons (Fsp3) is 0.429. The minimum absolute atomic E-state index is 0.149. The van der Waals surface area contributed by atoms with Crippen molar-refractivity contribution in [2.75, 3.05) is 5.32 Å². The summed E-state index contributed by atoms with van der Waals surface area (Å²) in [5, 5.41) is 12.7. The Morgan fingerprint density at radius 2 is 1.80 bits per heavy atom. The Kier molecular flexibility index (Phi) is 7.99. The van der Waals surface area contributed by atoms with Crippen LogP contribution in [0.25, 0.3) is 11.4 Å². The van der Waals surface area contributed by atoms with Gasteiger partial charge in [0.05, 0.1) is 6.20 Å². The van der Waals surface area contributed by atoms with Gasteiger partial charge in [-0.1, -0.05) is 51.0 Å². The number of amides is 1. The van der Waals surface area contributed by atoms with Gasteiger partial charge in [-0.15, -0.1) is 11.8 Å². The summed E-state index contributed by atoms with van der Waals surface area (Å²) in [6.45, 7) is 9.18. The molecule has 2 atom stereocenters. The smallest absolute Gasteiger partial charge is 0.273 e. The third kappa shape index (κ3) is 6.15. The number of carbonyl (C=O) groups excluding carboxylic acids is 1. The van der Waals surface area contributed by atoms with E-state index in [1.165, 1.54) is 5.56 Å². The van der Waals surface area contributed by atoms with Gasteiger partial charge in [-0.3, -0.25) is 4.79 Å². The van der Waals surface area contributed by atoms with Gasteiger partial charge in [-0.05, 0) is 56.5 Å². The number of hydrogen-bond acceptors (Lipinski definition) is 5. The van der Waals surface area contributed by atoms with Gasteiger partial charge in [0, 0.05) is 27.4 Å². The number of benzene rings is 2. The maximum Gasteiger partial charge on any atom is 0.273 e. The van der Waals surface area contributed by atoms with Gasteiger partial charge >= 0.3 is 0 Å². The molecule has 7 heteroatoms. The lowest BCUT2D eigenvalue weighted by atomic mass is 10.1. The zero-order chi connectivity index (χ0) is 25.0. The Bertz CT molecular complexity index is 1140. The third-order valence-corrected chi connectivity index (χ3v) is 7.61. The second kappa shape index (κ2) is 11.0. The van der Waals surface area contributed by atoms with E-state index in [9.17, 15) is 9.90 Å². The first-order valence-electron chi connectivity index (χ1n) is 12.4. The van der Waals surface area contributed by atoms with Gasteiger partial charge in [-0.2, -0.15) is 0 Å². The van der Waals surface area contributed by atoms with Crippen LogP contribution in [-0.4, -0.2) is 37.7 Å². The van der Waals surface area contributed by atoms with Crippen LogP contribution >= 0.6 is 11.8 Å². The fourth-order valence-electron chi connectivity index (χ4n) is 4.20. The van der Waals surface area contributed by atoms with Crippen molar-refractivity contribution in [2.24, 2.45) is 0 Å². The number of thioether (sulfide) groups is 1. The number of hydrogen-bond donors (Lipinski definition) is 2. The predicted octanol–water partition coefficient (Wildman–Crippen LogP) is 6.14. The minimum atomic E-state index is -0.665. The number of ether oxygens (including phenoxy) is 1. The van der Waals surface area contributed by atoms with Crippen LogP contribution < -0.4 is 5.32 Å². The highest BCUT2D eigenvalue weighted by atomic mass is 32.2. The second-order valence-corrected chi connectivity index (χ2v) is 11.2. The zero-order valence-corrected chi connectivity index (χ0v) is 21.8. The van der Waals surface area contributed by atoms with E-state index >= 15 is 0 Å². The van der Waals surface area contributed by atoms with Crippen molar-refractivity contribution in [1.29, 1.82) is 0 Å². The summed E-state index contributed by atoms with van der Waals surface area (Å²) in [5.41, 5.74) is 3.55. The van der Waals surface area contributed by atoms with Crippen molar-refractivity contribution < 1.29 is 14.6 Å². The lowest BCUT2D eigenvalue weighted by molar-refractivity contribution is 0.101. The maximum atomic E-state index is 13.2. The SMILES string of the molecule is CCCCCn1c(C(=O)Nc2ccc(CC)cc2)cnc1-c1ccc(SC(C)(C)C2OC2O)cc1. The Morgan fingerprint density at radius 1 is 1.11 bits per heavy atom. The summed E-state index contributed by atoms with van der Waals surface area (Å²) in [6.07, 6.45) is 5.01. The van der Waals surface area contributed by atoms with Gasteiger partial charge in [0.15, 0.2) is 6.29 Å². The molecule has 35 heavy (non-hydrogen) atoms. The molecule has 1 aliphatic rings. The first-order valence-corrected chi connectivity index (χ1v) is 13.2. The van der Waals surface area contributed by atoms with Crippen molar-refractivity contribution >= 4 is 23.4 Å². The van der Waals surface area contributed by atoms with E-state index in [2.05, 4.69) is 50.1 Å². The fourth-order valence-corrected chi connectivity index (χ4v) is 5.37. The van der Waals surface area contributed by atoms with Gasteiger partial charge in [0.1, 0.15) is 17.6 Å². The molecule has 0 radical (unpaired) electrons. The number of aliphatic hydroxyl groups excluding tert-OH is 1. The molecule has 1 aromatic heterocycles. The molecule has 186 valence electrons. The summed E-state index contributed by atoms with van der Waals surface area (Å²) in [4.78, 5) is 18.9. The molecule has 2 N–H and O–H groups in total. The molecular formula is C28H35N3O3S. The number of aromatic nitrogens is 2. The molecule has 1 saturated heterocycles. The van der Waals surface area contributed by atoms with Gasteiger partial charge in [0.25, 0.3) is 5.91 Å². The van der Waals surface area contributed by atoms with E-state index in [4.69, 9.17) is 4.74 Å². The number of imidazole rings is 1. The summed E-state index contributed by atoms with van der Waals surface area (Å²) < 4.78 is 7.08. The Morgan fingerprint density at radius 3 is 2.40 bits per heavy atom. The van der Waals surface area contributed by atoms with Crippen LogP contribution in [0.3, 0.4) is 0 Å². The molecule has 0 bridgehead atoms. The average molecular weight is 494 g/mol. The summed E-state index contributed by atoms with van der Waals surface area (Å²) in [7, 11) is 0. The highest BCUT2D eigenvalue weighted by molar-refractivity contribution is 8.00. The van der Waals surface area contributed by atoms with E-state index in [0.717, 1.165) is 54.2 Å². The molecule has 0 spiro atoms. The normalized spacial score (nSPS) is 17.4. The Balaban J connectivity index is 1.54. The van der Waals surface area contributed by atoms with Crippen molar-refractivity contribution in [3.8, 4) is 11.4 Å². The molecule has 6 nitrogen and oxygen atoms in total. The number of aliphatic hydroxyl groups is 1. The topological polar surface area (TPSA) is 79.7 Å². The lowest BCUT2D eigenvalue weighted by Gasteiger charge is -2.21. The number of anilines is 1. The molecule has 0 aliphatic carbocycles. The van der Waals surface area contributed by atoms with E-state index in [1.54, 1.807) is 18.0 Å². The van der Waals surface area contributed by atoms with Gasteiger partial charge in [-0.25, -0.2) is 4.98 Å². The monoisotopic (exact) mass is 493 g/mol. The van der Waals surface area contributed by atoms with Gasteiger partial charge < -0.3 is 19.7 Å². The Labute approximate surface area is 212 Å². The molecule has 1 aliphatic heterocycles. The third-order valence-electron chi connectivity index (χ3n) is 6.34. The standard InChI is InChI=1S/C28H35N3O3S/c1-5-7-8-17-31-23(26(32)30-21-13-9-19(6-2)10-14-21)18-29-25(31)20-11-15-22(16-12-20)35-28(3,4)24-27(33)34-24/h9-16,18,24,27,33H,5-8,17H2,1-4H3,(H,30,32). The molecule has 0 saturated carbocycles. The van der Waals surface area contributed by atoms with Crippen molar-refractivity contribution in [2.45, 2.75) is 82.0 Å². The molecule has 2 heterocycles. The van der Waals surface area contributed by atoms with Crippen LogP contribution in [0.2, 0.25) is 0 Å². The van der Waals surface area contributed by atoms with Crippen LogP contribution in [0.5, 0.6) is 0 Å². The average Bonchev–Trinajstić information content (AvgIpc) is 3.45. The van der Waals surface area contributed by atoms with Crippen LogP contribution in [0, 0.1) is 0 Å². The largest absolute Gasteiger partial charge is 0.366 e. The molecule has 1 fully saturated rings. The minimum Gasteiger partial charge on any atom is -0.366 e.